The highest BCUT2D eigenvalue weighted by Gasteiger charge is 2.45. The molecule has 2 atom stereocenters. The van der Waals surface area contributed by atoms with E-state index in [0.717, 1.165) is 18.1 Å². The fourth-order valence-corrected chi connectivity index (χ4v) is 4.50. The van der Waals surface area contributed by atoms with Crippen molar-refractivity contribution in [2.75, 3.05) is 12.5 Å². The summed E-state index contributed by atoms with van der Waals surface area (Å²) in [6.45, 7) is 3.09. The predicted octanol–water partition coefficient (Wildman–Crippen LogP) is 2.45. The van der Waals surface area contributed by atoms with Crippen molar-refractivity contribution in [1.82, 2.24) is 5.16 Å². The second kappa shape index (κ2) is 10.6. The van der Waals surface area contributed by atoms with Crippen LogP contribution in [0.5, 0.6) is 0 Å². The van der Waals surface area contributed by atoms with Gasteiger partial charge in [0.1, 0.15) is 12.4 Å². The zero-order valence-electron chi connectivity index (χ0n) is 18.6. The highest BCUT2D eigenvalue weighted by molar-refractivity contribution is 7.92. The maximum absolute atomic E-state index is 12.7. The summed E-state index contributed by atoms with van der Waals surface area (Å²) in [5.74, 6) is -0.427. The first-order valence-corrected chi connectivity index (χ1v) is 13.8. The molecule has 32 heavy (non-hydrogen) atoms. The van der Waals surface area contributed by atoms with Gasteiger partial charge in [0.05, 0.1) is 18.1 Å². The van der Waals surface area contributed by atoms with E-state index in [1.54, 1.807) is 37.3 Å². The normalized spacial score (nSPS) is 15.1. The molecule has 0 saturated carbocycles. The zero-order chi connectivity index (χ0) is 24.0. The third-order valence-electron chi connectivity index (χ3n) is 5.12. The lowest BCUT2D eigenvalue weighted by Crippen LogP contribution is -2.44. The first-order chi connectivity index (χ1) is 14.8. The first kappa shape index (κ1) is 26.0. The van der Waals surface area contributed by atoms with Crippen LogP contribution in [0.3, 0.4) is 0 Å². The Kier molecular flexibility index (Phi) is 8.60. The number of carbonyl (C=O) groups is 1. The van der Waals surface area contributed by atoms with Gasteiger partial charge in [-0.3, -0.25) is 8.98 Å². The number of rotatable bonds is 12. The Morgan fingerprint density at radius 2 is 1.81 bits per heavy atom. The third kappa shape index (κ3) is 7.42. The molecule has 2 unspecified atom stereocenters. The van der Waals surface area contributed by atoms with Crippen LogP contribution in [0.15, 0.2) is 40.9 Å². The van der Waals surface area contributed by atoms with E-state index in [9.17, 15) is 21.6 Å². The maximum Gasteiger partial charge on any atom is 0.327 e. The Bertz CT molecular complexity index is 1110. The number of benzene rings is 1. The number of esters is 1. The van der Waals surface area contributed by atoms with Crippen molar-refractivity contribution in [3.8, 4) is 0 Å². The van der Waals surface area contributed by atoms with Crippen molar-refractivity contribution < 1.29 is 35.1 Å². The number of nitrogens with zero attached hydrogens (tertiary/aromatic N) is 1. The van der Waals surface area contributed by atoms with Crippen LogP contribution in [0.2, 0.25) is 0 Å². The van der Waals surface area contributed by atoms with E-state index < -0.39 is 36.8 Å². The molecule has 0 radical (unpaired) electrons. The summed E-state index contributed by atoms with van der Waals surface area (Å²) in [4.78, 5) is 12.7. The van der Waals surface area contributed by atoms with Crippen LogP contribution in [-0.4, -0.2) is 51.3 Å². The molecule has 0 aliphatic rings. The molecule has 0 bridgehead atoms. The van der Waals surface area contributed by atoms with Crippen LogP contribution >= 0.6 is 0 Å². The molecule has 2 aromatic rings. The number of aryl methyl sites for hydroxylation is 1. The lowest BCUT2D eigenvalue weighted by atomic mass is 10.0. The van der Waals surface area contributed by atoms with Crippen molar-refractivity contribution >= 4 is 25.9 Å². The van der Waals surface area contributed by atoms with Crippen molar-refractivity contribution in [3.63, 3.8) is 0 Å². The van der Waals surface area contributed by atoms with E-state index in [1.807, 2.05) is 6.07 Å². The van der Waals surface area contributed by atoms with Gasteiger partial charge in [-0.2, -0.15) is 8.42 Å². The number of sulfone groups is 1. The number of hydrogen-bond acceptors (Lipinski definition) is 9. The van der Waals surface area contributed by atoms with Crippen LogP contribution in [-0.2, 0) is 53.1 Å². The van der Waals surface area contributed by atoms with Gasteiger partial charge in [0.25, 0.3) is 10.1 Å². The van der Waals surface area contributed by atoms with Crippen LogP contribution in [0.1, 0.15) is 43.7 Å². The summed E-state index contributed by atoms with van der Waals surface area (Å²) < 4.78 is 61.3. The van der Waals surface area contributed by atoms with Crippen LogP contribution in [0.25, 0.3) is 0 Å². The molecule has 11 heteroatoms. The fraction of sp³-hybridized carbons (Fsp3) is 0.524. The monoisotopic (exact) mass is 487 g/mol. The largest absolute Gasteiger partial charge is 0.460 e. The quantitative estimate of drug-likeness (QED) is 0.327. The minimum Gasteiger partial charge on any atom is -0.460 e. The third-order valence-corrected chi connectivity index (χ3v) is 7.75. The van der Waals surface area contributed by atoms with Gasteiger partial charge in [-0.25, -0.2) is 8.42 Å². The molecule has 2 rings (SSSR count). The standard InChI is InChI=1S/C21H29NO8S2/c1-5-18(30-32(4,26)27)14-19-13-17(22-29-19)11-12-21(2,31(3,24)25)20(23)28-15-16-9-7-6-8-10-16/h6-10,13,18H,5,11-12,14-15H2,1-4H3. The molecule has 0 aliphatic carbocycles. The molecule has 1 heterocycles. The molecule has 0 spiro atoms. The Morgan fingerprint density at radius 3 is 2.38 bits per heavy atom. The summed E-state index contributed by atoms with van der Waals surface area (Å²) in [6.07, 6.45) is 2.12. The second-order valence-electron chi connectivity index (χ2n) is 7.88. The smallest absolute Gasteiger partial charge is 0.327 e. The molecule has 0 amide bonds. The SMILES string of the molecule is CCC(Cc1cc(CCC(C)(C(=O)OCc2ccccc2)S(C)(=O)=O)no1)OS(C)(=O)=O. The Morgan fingerprint density at radius 1 is 1.16 bits per heavy atom. The number of hydrogen-bond donors (Lipinski definition) is 0. The minimum atomic E-state index is -3.79. The average Bonchev–Trinajstić information content (AvgIpc) is 3.16. The number of carbonyl (C=O) groups excluding carboxylic acids is 1. The van der Waals surface area contributed by atoms with Crippen molar-refractivity contribution in [2.24, 2.45) is 0 Å². The van der Waals surface area contributed by atoms with Crippen LogP contribution in [0.4, 0.5) is 0 Å². The van der Waals surface area contributed by atoms with Gasteiger partial charge in [0.2, 0.25) is 0 Å². The lowest BCUT2D eigenvalue weighted by molar-refractivity contribution is -0.147. The predicted molar refractivity (Wildman–Crippen MR) is 118 cm³/mol. The topological polar surface area (TPSA) is 130 Å². The van der Waals surface area contributed by atoms with E-state index in [2.05, 4.69) is 5.16 Å². The van der Waals surface area contributed by atoms with Gasteiger partial charge < -0.3 is 9.26 Å². The van der Waals surface area contributed by atoms with Crippen molar-refractivity contribution in [2.45, 2.75) is 57.0 Å². The molecule has 0 N–H and O–H groups in total. The van der Waals surface area contributed by atoms with Gasteiger partial charge in [-0.15, -0.1) is 0 Å². The van der Waals surface area contributed by atoms with Gasteiger partial charge in [-0.1, -0.05) is 42.4 Å². The molecule has 178 valence electrons. The maximum atomic E-state index is 12.7. The molecule has 1 aromatic heterocycles. The van der Waals surface area contributed by atoms with Crippen molar-refractivity contribution in [3.05, 3.63) is 53.4 Å². The van der Waals surface area contributed by atoms with Gasteiger partial charge in [0.15, 0.2) is 14.6 Å². The van der Waals surface area contributed by atoms with E-state index in [-0.39, 0.29) is 25.9 Å². The molecule has 0 aliphatic heterocycles. The first-order valence-electron chi connectivity index (χ1n) is 10.1. The zero-order valence-corrected chi connectivity index (χ0v) is 20.2. The summed E-state index contributed by atoms with van der Waals surface area (Å²) in [6, 6.07) is 10.6. The van der Waals surface area contributed by atoms with E-state index in [4.69, 9.17) is 13.4 Å². The molecule has 0 fully saturated rings. The van der Waals surface area contributed by atoms with Crippen LogP contribution in [0, 0.1) is 0 Å². The molecule has 0 saturated heterocycles. The highest BCUT2D eigenvalue weighted by Crippen LogP contribution is 2.26. The van der Waals surface area contributed by atoms with E-state index in [1.165, 1.54) is 6.92 Å². The molecular formula is C21H29NO8S2. The summed E-state index contributed by atoms with van der Waals surface area (Å²) >= 11 is 0. The number of ether oxygens (including phenoxy) is 1. The summed E-state index contributed by atoms with van der Waals surface area (Å²) in [7, 11) is -7.40. The minimum absolute atomic E-state index is 0.0301. The summed E-state index contributed by atoms with van der Waals surface area (Å²) in [5, 5.41) is 3.91. The number of aromatic nitrogens is 1. The van der Waals surface area contributed by atoms with Crippen LogP contribution < -0.4 is 0 Å². The Balaban J connectivity index is 2.05. The Labute approximate surface area is 189 Å². The molecule has 1 aromatic carbocycles. The molecule has 9 nitrogen and oxygen atoms in total. The second-order valence-corrected chi connectivity index (χ2v) is 11.9. The fourth-order valence-electron chi connectivity index (χ4n) is 2.97. The molecular weight excluding hydrogens is 458 g/mol. The lowest BCUT2D eigenvalue weighted by Gasteiger charge is -2.25. The van der Waals surface area contributed by atoms with Gasteiger partial charge >= 0.3 is 5.97 Å². The van der Waals surface area contributed by atoms with Gasteiger partial charge in [-0.05, 0) is 31.7 Å². The van der Waals surface area contributed by atoms with Crippen molar-refractivity contribution in [1.29, 1.82) is 0 Å². The highest BCUT2D eigenvalue weighted by atomic mass is 32.2. The summed E-state index contributed by atoms with van der Waals surface area (Å²) in [5.41, 5.74) is 1.19. The average molecular weight is 488 g/mol. The van der Waals surface area contributed by atoms with Gasteiger partial charge in [0, 0.05) is 18.7 Å². The Hall–Kier alpha value is -2.24. The van der Waals surface area contributed by atoms with E-state index in [0.29, 0.717) is 17.9 Å². The van der Waals surface area contributed by atoms with E-state index >= 15 is 0 Å².